The van der Waals surface area contributed by atoms with Crippen LogP contribution in [0.2, 0.25) is 0 Å². The van der Waals surface area contributed by atoms with Crippen molar-refractivity contribution in [2.45, 2.75) is 25.0 Å². The molecule has 2 nitrogen and oxygen atoms in total. The SMILES string of the molecule is CC1OC(c2ccc(C#N)cc2)C1c1ccccc1. The predicted molar refractivity (Wildman–Crippen MR) is 73.6 cm³/mol. The summed E-state index contributed by atoms with van der Waals surface area (Å²) >= 11 is 0. The highest BCUT2D eigenvalue weighted by molar-refractivity contribution is 5.36. The molecule has 0 radical (unpaired) electrons. The van der Waals surface area contributed by atoms with E-state index < -0.39 is 0 Å². The number of hydrogen-bond donors (Lipinski definition) is 0. The van der Waals surface area contributed by atoms with Gasteiger partial charge in [-0.25, -0.2) is 0 Å². The van der Waals surface area contributed by atoms with Gasteiger partial charge in [0.1, 0.15) is 0 Å². The smallest absolute Gasteiger partial charge is 0.0991 e. The summed E-state index contributed by atoms with van der Waals surface area (Å²) in [6.07, 6.45) is 0.341. The van der Waals surface area contributed by atoms with Gasteiger partial charge in [0, 0.05) is 5.92 Å². The summed E-state index contributed by atoms with van der Waals surface area (Å²) < 4.78 is 5.88. The molecule has 2 aromatic rings. The van der Waals surface area contributed by atoms with Crippen molar-refractivity contribution >= 4 is 0 Å². The van der Waals surface area contributed by atoms with E-state index in [0.717, 1.165) is 5.56 Å². The fourth-order valence-electron chi connectivity index (χ4n) is 2.71. The van der Waals surface area contributed by atoms with E-state index in [1.165, 1.54) is 5.56 Å². The second kappa shape index (κ2) is 4.87. The van der Waals surface area contributed by atoms with Gasteiger partial charge in [0.05, 0.1) is 23.8 Å². The molecule has 1 fully saturated rings. The second-order valence-corrected chi connectivity index (χ2v) is 4.93. The van der Waals surface area contributed by atoms with Crippen LogP contribution in [-0.2, 0) is 4.74 Å². The standard InChI is InChI=1S/C17H15NO/c1-12-16(14-5-3-2-4-6-14)17(19-12)15-9-7-13(11-18)8-10-15/h2-10,12,16-17H,1H3. The van der Waals surface area contributed by atoms with Crippen molar-refractivity contribution in [2.24, 2.45) is 0 Å². The van der Waals surface area contributed by atoms with Crippen molar-refractivity contribution in [2.75, 3.05) is 0 Å². The van der Waals surface area contributed by atoms with Crippen molar-refractivity contribution in [1.82, 2.24) is 0 Å². The van der Waals surface area contributed by atoms with Crippen LogP contribution in [0.3, 0.4) is 0 Å². The Labute approximate surface area is 113 Å². The molecule has 3 rings (SSSR count). The lowest BCUT2D eigenvalue weighted by molar-refractivity contribution is -0.142. The van der Waals surface area contributed by atoms with Crippen LogP contribution in [0.15, 0.2) is 54.6 Å². The van der Waals surface area contributed by atoms with Gasteiger partial charge >= 0.3 is 0 Å². The molecule has 19 heavy (non-hydrogen) atoms. The molecule has 1 saturated heterocycles. The predicted octanol–water partition coefficient (Wildman–Crippen LogP) is 3.80. The molecular weight excluding hydrogens is 234 g/mol. The number of rotatable bonds is 2. The van der Waals surface area contributed by atoms with E-state index in [-0.39, 0.29) is 12.2 Å². The Hall–Kier alpha value is -2.11. The molecule has 1 aliphatic rings. The Morgan fingerprint density at radius 2 is 1.63 bits per heavy atom. The minimum atomic E-state index is 0.102. The Kier molecular flexibility index (Phi) is 3.06. The van der Waals surface area contributed by atoms with Gasteiger partial charge in [-0.15, -0.1) is 0 Å². The van der Waals surface area contributed by atoms with E-state index in [0.29, 0.717) is 11.5 Å². The minimum absolute atomic E-state index is 0.102. The first-order valence-corrected chi connectivity index (χ1v) is 6.50. The normalized spacial score (nSPS) is 25.4. The fourth-order valence-corrected chi connectivity index (χ4v) is 2.71. The number of hydrogen-bond acceptors (Lipinski definition) is 2. The summed E-state index contributed by atoms with van der Waals surface area (Å²) in [5, 5.41) is 8.83. The average Bonchev–Trinajstić information content (AvgIpc) is 2.46. The minimum Gasteiger partial charge on any atom is -0.369 e. The van der Waals surface area contributed by atoms with Gasteiger partial charge in [0.25, 0.3) is 0 Å². The molecule has 0 spiro atoms. The molecule has 2 heteroatoms. The van der Waals surface area contributed by atoms with Crippen molar-refractivity contribution in [1.29, 1.82) is 5.26 Å². The van der Waals surface area contributed by atoms with Crippen molar-refractivity contribution in [3.8, 4) is 6.07 Å². The lowest BCUT2D eigenvalue weighted by Gasteiger charge is -2.44. The highest BCUT2D eigenvalue weighted by Gasteiger charge is 2.41. The van der Waals surface area contributed by atoms with Crippen LogP contribution in [0.1, 0.15) is 35.6 Å². The highest BCUT2D eigenvalue weighted by atomic mass is 16.5. The molecule has 2 aromatic carbocycles. The van der Waals surface area contributed by atoms with Gasteiger partial charge in [-0.1, -0.05) is 42.5 Å². The number of nitrogens with zero attached hydrogens (tertiary/aromatic N) is 1. The Morgan fingerprint density at radius 1 is 0.947 bits per heavy atom. The molecule has 0 bridgehead atoms. The largest absolute Gasteiger partial charge is 0.369 e. The average molecular weight is 249 g/mol. The zero-order chi connectivity index (χ0) is 13.2. The van der Waals surface area contributed by atoms with Crippen molar-refractivity contribution in [3.05, 3.63) is 71.3 Å². The van der Waals surface area contributed by atoms with E-state index in [1.807, 2.05) is 30.3 Å². The summed E-state index contributed by atoms with van der Waals surface area (Å²) in [6.45, 7) is 2.11. The van der Waals surface area contributed by atoms with Gasteiger partial charge in [0.15, 0.2) is 0 Å². The Morgan fingerprint density at radius 3 is 2.21 bits per heavy atom. The Bertz CT molecular complexity index is 597. The maximum Gasteiger partial charge on any atom is 0.0991 e. The van der Waals surface area contributed by atoms with E-state index in [1.54, 1.807) is 0 Å². The number of nitriles is 1. The molecule has 3 unspecified atom stereocenters. The summed E-state index contributed by atoms with van der Waals surface area (Å²) in [5.74, 6) is 0.397. The van der Waals surface area contributed by atoms with Gasteiger partial charge in [0.2, 0.25) is 0 Å². The molecule has 0 aromatic heterocycles. The second-order valence-electron chi connectivity index (χ2n) is 4.93. The summed E-state index contributed by atoms with van der Waals surface area (Å²) in [6, 6.07) is 20.3. The highest BCUT2D eigenvalue weighted by Crippen LogP contribution is 2.47. The third-order valence-electron chi connectivity index (χ3n) is 3.75. The van der Waals surface area contributed by atoms with Crippen LogP contribution in [0.4, 0.5) is 0 Å². The van der Waals surface area contributed by atoms with Crippen molar-refractivity contribution < 1.29 is 4.74 Å². The summed E-state index contributed by atoms with van der Waals surface area (Å²) in [7, 11) is 0. The van der Waals surface area contributed by atoms with E-state index >= 15 is 0 Å². The first kappa shape index (κ1) is 12.0. The molecule has 94 valence electrons. The third-order valence-corrected chi connectivity index (χ3v) is 3.75. The first-order chi connectivity index (χ1) is 9.29. The molecule has 1 heterocycles. The monoisotopic (exact) mass is 249 g/mol. The van der Waals surface area contributed by atoms with Crippen LogP contribution >= 0.6 is 0 Å². The molecule has 0 amide bonds. The van der Waals surface area contributed by atoms with Crippen LogP contribution < -0.4 is 0 Å². The molecule has 0 aliphatic carbocycles. The van der Waals surface area contributed by atoms with Crippen LogP contribution in [0.25, 0.3) is 0 Å². The summed E-state index contributed by atoms with van der Waals surface area (Å²) in [4.78, 5) is 0. The van der Waals surface area contributed by atoms with Gasteiger partial charge in [-0.05, 0) is 30.2 Å². The molecule has 3 atom stereocenters. The van der Waals surface area contributed by atoms with Crippen LogP contribution in [-0.4, -0.2) is 6.10 Å². The van der Waals surface area contributed by atoms with E-state index in [2.05, 4.69) is 37.3 Å². The molecule has 0 N–H and O–H groups in total. The van der Waals surface area contributed by atoms with E-state index in [9.17, 15) is 0 Å². The number of benzene rings is 2. The summed E-state index contributed by atoms with van der Waals surface area (Å²) in [5.41, 5.74) is 3.15. The Balaban J connectivity index is 1.87. The quantitative estimate of drug-likeness (QED) is 0.811. The van der Waals surface area contributed by atoms with Crippen LogP contribution in [0.5, 0.6) is 0 Å². The zero-order valence-electron chi connectivity index (χ0n) is 10.8. The lowest BCUT2D eigenvalue weighted by atomic mass is 9.80. The molecule has 1 aliphatic heterocycles. The van der Waals surface area contributed by atoms with Crippen molar-refractivity contribution in [3.63, 3.8) is 0 Å². The van der Waals surface area contributed by atoms with Gasteiger partial charge < -0.3 is 4.74 Å². The van der Waals surface area contributed by atoms with Gasteiger partial charge in [-0.2, -0.15) is 5.26 Å². The van der Waals surface area contributed by atoms with Gasteiger partial charge in [-0.3, -0.25) is 0 Å². The maximum absolute atomic E-state index is 8.83. The molecular formula is C17H15NO. The third kappa shape index (κ3) is 2.14. The van der Waals surface area contributed by atoms with Crippen LogP contribution in [0, 0.1) is 11.3 Å². The fraction of sp³-hybridized carbons (Fsp3) is 0.235. The zero-order valence-corrected chi connectivity index (χ0v) is 10.8. The first-order valence-electron chi connectivity index (χ1n) is 6.50. The lowest BCUT2D eigenvalue weighted by Crippen LogP contribution is -2.38. The number of ether oxygens (including phenoxy) is 1. The maximum atomic E-state index is 8.83. The molecule has 0 saturated carbocycles. The topological polar surface area (TPSA) is 33.0 Å². The van der Waals surface area contributed by atoms with E-state index in [4.69, 9.17) is 10.00 Å².